The van der Waals surface area contributed by atoms with Crippen molar-refractivity contribution in [1.82, 2.24) is 0 Å². The smallest absolute Gasteiger partial charge is 0.210 e. The van der Waals surface area contributed by atoms with Gasteiger partial charge < -0.3 is 4.90 Å². The molecule has 0 atom stereocenters. The Hall–Kier alpha value is -2.59. The number of hydrogen-bond acceptors (Lipinski definition) is 3. The van der Waals surface area contributed by atoms with Crippen LogP contribution in [0.2, 0.25) is 0 Å². The highest BCUT2D eigenvalue weighted by molar-refractivity contribution is 7.92. The zero-order valence-corrected chi connectivity index (χ0v) is 17.1. The largest absolute Gasteiger partial charge is 0.307 e. The molecule has 1 heterocycles. The molecule has 4 heteroatoms. The first-order valence-corrected chi connectivity index (χ1v) is 10.5. The van der Waals surface area contributed by atoms with Crippen molar-refractivity contribution in [2.45, 2.75) is 44.4 Å². The van der Waals surface area contributed by atoms with Gasteiger partial charge >= 0.3 is 0 Å². The summed E-state index contributed by atoms with van der Waals surface area (Å²) in [5, 5.41) is 0. The summed E-state index contributed by atoms with van der Waals surface area (Å²) in [4.78, 5) is 2.86. The maximum Gasteiger partial charge on any atom is 0.210 e. The summed E-state index contributed by atoms with van der Waals surface area (Å²) in [6, 6.07) is 15.6. The minimum Gasteiger partial charge on any atom is -0.307 e. The number of sulfone groups is 1. The average Bonchev–Trinajstić information content (AvgIpc) is 2.58. The van der Waals surface area contributed by atoms with Gasteiger partial charge in [0, 0.05) is 0 Å². The molecule has 0 aliphatic carbocycles. The minimum absolute atomic E-state index is 0.375. The van der Waals surface area contributed by atoms with Crippen LogP contribution in [-0.2, 0) is 9.84 Å². The number of nitrogens with zero attached hydrogens (tertiary/aromatic N) is 1. The Kier molecular flexibility index (Phi) is 3.93. The molecule has 1 aliphatic rings. The van der Waals surface area contributed by atoms with Crippen molar-refractivity contribution < 1.29 is 8.42 Å². The lowest BCUT2D eigenvalue weighted by molar-refractivity contribution is 0.594. The van der Waals surface area contributed by atoms with Crippen molar-refractivity contribution >= 4 is 26.9 Å². The van der Waals surface area contributed by atoms with E-state index in [1.165, 1.54) is 5.56 Å². The summed E-state index contributed by atoms with van der Waals surface area (Å²) in [6.07, 6.45) is 0. The molecule has 138 valence electrons. The highest BCUT2D eigenvalue weighted by atomic mass is 32.2. The molecular weight excluding hydrogens is 354 g/mol. The number of fused-ring (bicyclic) bond motifs is 2. The molecule has 0 radical (unpaired) electrons. The van der Waals surface area contributed by atoms with Crippen molar-refractivity contribution in [2.75, 3.05) is 4.90 Å². The summed E-state index contributed by atoms with van der Waals surface area (Å²) in [5.41, 5.74) is 7.81. The van der Waals surface area contributed by atoms with Gasteiger partial charge in [-0.25, -0.2) is 8.42 Å². The van der Waals surface area contributed by atoms with Gasteiger partial charge in [0.1, 0.15) is 0 Å². The van der Waals surface area contributed by atoms with Crippen LogP contribution >= 0.6 is 0 Å². The van der Waals surface area contributed by atoms with Crippen LogP contribution in [0, 0.1) is 34.6 Å². The van der Waals surface area contributed by atoms with Crippen LogP contribution in [0.25, 0.3) is 0 Å². The van der Waals surface area contributed by atoms with E-state index in [1.807, 2.05) is 38.1 Å². The molecule has 27 heavy (non-hydrogen) atoms. The molecule has 3 aromatic carbocycles. The van der Waals surface area contributed by atoms with Crippen LogP contribution < -0.4 is 4.90 Å². The summed E-state index contributed by atoms with van der Waals surface area (Å²) in [7, 11) is -3.56. The Balaban J connectivity index is 2.14. The first-order valence-electron chi connectivity index (χ1n) is 9.04. The fraction of sp³-hybridized carbons (Fsp3) is 0.217. The van der Waals surface area contributed by atoms with Crippen LogP contribution in [0.5, 0.6) is 0 Å². The third-order valence-electron chi connectivity index (χ3n) is 5.15. The summed E-state index contributed by atoms with van der Waals surface area (Å²) >= 11 is 0. The number of anilines is 3. The highest BCUT2D eigenvalue weighted by Gasteiger charge is 2.36. The first kappa shape index (κ1) is 17.8. The fourth-order valence-corrected chi connectivity index (χ4v) is 5.85. The van der Waals surface area contributed by atoms with Crippen molar-refractivity contribution in [3.05, 3.63) is 76.3 Å². The molecule has 1 aliphatic heterocycles. The first-order chi connectivity index (χ1) is 12.7. The SMILES string of the molecule is Cc1cc(C)c(N2c3ccc(C)cc3S(=O)(=O)c3cc(C)ccc32)c(C)c1. The second kappa shape index (κ2) is 5.96. The number of benzene rings is 3. The van der Waals surface area contributed by atoms with E-state index in [-0.39, 0.29) is 0 Å². The zero-order chi connectivity index (χ0) is 19.5. The van der Waals surface area contributed by atoms with Gasteiger partial charge in [-0.3, -0.25) is 0 Å². The summed E-state index contributed by atoms with van der Waals surface area (Å²) in [5.74, 6) is 0. The van der Waals surface area contributed by atoms with E-state index in [1.54, 1.807) is 12.1 Å². The average molecular weight is 378 g/mol. The fourth-order valence-electron chi connectivity index (χ4n) is 4.06. The monoisotopic (exact) mass is 377 g/mol. The number of hydrogen-bond donors (Lipinski definition) is 0. The molecule has 0 bridgehead atoms. The van der Waals surface area contributed by atoms with Gasteiger partial charge in [0.05, 0.1) is 26.9 Å². The number of rotatable bonds is 1. The lowest BCUT2D eigenvalue weighted by Gasteiger charge is -2.35. The van der Waals surface area contributed by atoms with E-state index in [4.69, 9.17) is 0 Å². The molecule has 0 N–H and O–H groups in total. The Morgan fingerprint density at radius 3 is 1.52 bits per heavy atom. The normalized spacial score (nSPS) is 14.6. The van der Waals surface area contributed by atoms with Crippen molar-refractivity contribution in [3.63, 3.8) is 0 Å². The van der Waals surface area contributed by atoms with Crippen LogP contribution in [0.1, 0.15) is 27.8 Å². The van der Waals surface area contributed by atoms with E-state index in [0.717, 1.165) is 27.9 Å². The van der Waals surface area contributed by atoms with E-state index >= 15 is 0 Å². The van der Waals surface area contributed by atoms with Crippen LogP contribution in [0.15, 0.2) is 58.3 Å². The van der Waals surface area contributed by atoms with Gasteiger partial charge in [-0.2, -0.15) is 0 Å². The van der Waals surface area contributed by atoms with Gasteiger partial charge in [0.15, 0.2) is 0 Å². The molecular formula is C23H23NO2S. The second-order valence-electron chi connectivity index (χ2n) is 7.53. The second-order valence-corrected chi connectivity index (χ2v) is 9.42. The Morgan fingerprint density at radius 2 is 1.07 bits per heavy atom. The number of aryl methyl sites for hydroxylation is 5. The van der Waals surface area contributed by atoms with Gasteiger partial charge in [-0.1, -0.05) is 29.8 Å². The maximum atomic E-state index is 13.4. The highest BCUT2D eigenvalue weighted by Crippen LogP contribution is 2.50. The molecule has 0 spiro atoms. The topological polar surface area (TPSA) is 37.4 Å². The molecule has 4 rings (SSSR count). The van der Waals surface area contributed by atoms with E-state index in [0.29, 0.717) is 21.2 Å². The summed E-state index contributed by atoms with van der Waals surface area (Å²) < 4.78 is 26.7. The summed E-state index contributed by atoms with van der Waals surface area (Å²) in [6.45, 7) is 10.1. The van der Waals surface area contributed by atoms with E-state index < -0.39 is 9.84 Å². The third kappa shape index (κ3) is 2.67. The zero-order valence-electron chi connectivity index (χ0n) is 16.3. The third-order valence-corrected chi connectivity index (χ3v) is 6.96. The standard InChI is InChI=1S/C23H23NO2S/c1-14-6-8-19-21(12-14)27(25,26)22-13-15(2)7-9-20(22)24(19)23-17(4)10-16(3)11-18(23)5/h6-13H,1-5H3. The van der Waals surface area contributed by atoms with E-state index in [9.17, 15) is 8.42 Å². The van der Waals surface area contributed by atoms with Crippen molar-refractivity contribution in [2.24, 2.45) is 0 Å². The van der Waals surface area contributed by atoms with E-state index in [2.05, 4.69) is 37.8 Å². The predicted octanol–water partition coefficient (Wildman–Crippen LogP) is 5.84. The predicted molar refractivity (Wildman–Crippen MR) is 110 cm³/mol. The molecule has 0 unspecified atom stereocenters. The lowest BCUT2D eigenvalue weighted by Crippen LogP contribution is -2.23. The Labute approximate surface area is 161 Å². The Bertz CT molecular complexity index is 1110. The minimum atomic E-state index is -3.56. The Morgan fingerprint density at radius 1 is 0.630 bits per heavy atom. The lowest BCUT2D eigenvalue weighted by atomic mass is 10.0. The molecule has 0 saturated heterocycles. The molecule has 3 nitrogen and oxygen atoms in total. The van der Waals surface area contributed by atoms with Crippen LogP contribution in [-0.4, -0.2) is 8.42 Å². The van der Waals surface area contributed by atoms with Gasteiger partial charge in [-0.15, -0.1) is 0 Å². The molecule has 0 aromatic heterocycles. The molecule has 0 amide bonds. The van der Waals surface area contributed by atoms with Crippen molar-refractivity contribution in [1.29, 1.82) is 0 Å². The van der Waals surface area contributed by atoms with Gasteiger partial charge in [0.25, 0.3) is 0 Å². The quantitative estimate of drug-likeness (QED) is 0.418. The van der Waals surface area contributed by atoms with Gasteiger partial charge in [-0.05, 0) is 81.1 Å². The van der Waals surface area contributed by atoms with Crippen molar-refractivity contribution in [3.8, 4) is 0 Å². The van der Waals surface area contributed by atoms with Crippen LogP contribution in [0.4, 0.5) is 17.1 Å². The molecule has 0 saturated carbocycles. The van der Waals surface area contributed by atoms with Crippen LogP contribution in [0.3, 0.4) is 0 Å². The molecule has 0 fully saturated rings. The molecule has 3 aromatic rings. The van der Waals surface area contributed by atoms with Gasteiger partial charge in [0.2, 0.25) is 9.84 Å². The maximum absolute atomic E-state index is 13.4.